The summed E-state index contributed by atoms with van der Waals surface area (Å²) >= 11 is 0. The highest BCUT2D eigenvalue weighted by atomic mass is 32.2. The minimum Gasteiger partial charge on any atom is -0.389 e. The molecule has 1 atom stereocenters. The number of benzene rings is 1. The fraction of sp³-hybridized carbons (Fsp3) is 0.500. The number of aliphatic hydroxyl groups is 1. The monoisotopic (exact) mass is 315 g/mol. The van der Waals surface area contributed by atoms with Crippen LogP contribution in [-0.2, 0) is 19.4 Å². The molecule has 0 saturated carbocycles. The van der Waals surface area contributed by atoms with E-state index in [9.17, 15) is 18.3 Å². The van der Waals surface area contributed by atoms with E-state index in [-0.39, 0.29) is 36.1 Å². The van der Waals surface area contributed by atoms with E-state index in [1.54, 1.807) is 18.2 Å². The number of methoxy groups -OCH3 is 1. The summed E-state index contributed by atoms with van der Waals surface area (Å²) in [7, 11) is -0.482. The van der Waals surface area contributed by atoms with Gasteiger partial charge in [-0.1, -0.05) is 18.2 Å². The number of carbonyl (C=O) groups is 1. The van der Waals surface area contributed by atoms with Crippen LogP contribution in [0.25, 0.3) is 0 Å². The molecule has 1 amide bonds. The quantitative estimate of drug-likeness (QED) is 0.747. The summed E-state index contributed by atoms with van der Waals surface area (Å²) < 4.78 is 28.9. The maximum Gasteiger partial charge on any atom is 0.223 e. The summed E-state index contributed by atoms with van der Waals surface area (Å²) in [6, 6.07) is 8.02. The predicted molar refractivity (Wildman–Crippen MR) is 78.6 cm³/mol. The van der Waals surface area contributed by atoms with Crippen molar-refractivity contribution in [3.8, 4) is 0 Å². The Kier molecular flexibility index (Phi) is 6.80. The highest BCUT2D eigenvalue weighted by molar-refractivity contribution is 7.91. The number of hydrogen-bond donors (Lipinski definition) is 1. The minimum atomic E-state index is -3.46. The number of hydrogen-bond acceptors (Lipinski definition) is 5. The van der Waals surface area contributed by atoms with Gasteiger partial charge in [0.1, 0.15) is 0 Å². The number of carbonyl (C=O) groups excluding carboxylic acids is 1. The second kappa shape index (κ2) is 8.11. The van der Waals surface area contributed by atoms with Crippen molar-refractivity contribution >= 4 is 15.7 Å². The largest absolute Gasteiger partial charge is 0.389 e. The molecule has 7 heteroatoms. The van der Waals surface area contributed by atoms with Gasteiger partial charge in [-0.25, -0.2) is 8.42 Å². The normalized spacial score (nSPS) is 12.9. The molecule has 0 bridgehead atoms. The third-order valence-corrected chi connectivity index (χ3v) is 4.69. The summed E-state index contributed by atoms with van der Waals surface area (Å²) in [5.74, 6) is -0.578. The van der Waals surface area contributed by atoms with E-state index in [2.05, 4.69) is 0 Å². The van der Waals surface area contributed by atoms with Gasteiger partial charge in [0.05, 0.1) is 23.4 Å². The van der Waals surface area contributed by atoms with Crippen LogP contribution in [0.15, 0.2) is 35.2 Å². The molecular weight excluding hydrogens is 294 g/mol. The van der Waals surface area contributed by atoms with Gasteiger partial charge in [-0.2, -0.15) is 0 Å². The van der Waals surface area contributed by atoms with Crippen molar-refractivity contribution in [2.75, 3.05) is 33.1 Å². The first-order chi connectivity index (χ1) is 9.86. The SMILES string of the molecule is COCC(O)CN(C)C(=O)CCS(=O)(=O)c1ccccc1. The van der Waals surface area contributed by atoms with Crippen LogP contribution in [0.5, 0.6) is 0 Å². The van der Waals surface area contributed by atoms with Gasteiger partial charge in [0.15, 0.2) is 9.84 Å². The average molecular weight is 315 g/mol. The molecule has 0 aromatic heterocycles. The molecule has 1 rings (SSSR count). The van der Waals surface area contributed by atoms with Crippen molar-refractivity contribution in [3.63, 3.8) is 0 Å². The van der Waals surface area contributed by atoms with Crippen LogP contribution in [-0.4, -0.2) is 63.5 Å². The standard InChI is InChI=1S/C14H21NO5S/c1-15(10-12(16)11-20-2)14(17)8-9-21(18,19)13-6-4-3-5-7-13/h3-7,12,16H,8-11H2,1-2H3. The number of rotatable bonds is 8. The van der Waals surface area contributed by atoms with Crippen molar-refractivity contribution < 1.29 is 23.1 Å². The molecule has 21 heavy (non-hydrogen) atoms. The van der Waals surface area contributed by atoms with E-state index in [4.69, 9.17) is 4.74 Å². The van der Waals surface area contributed by atoms with E-state index >= 15 is 0 Å². The maximum absolute atomic E-state index is 12.0. The zero-order valence-corrected chi connectivity index (χ0v) is 13.0. The summed E-state index contributed by atoms with van der Waals surface area (Å²) in [6.45, 7) is 0.234. The Hall–Kier alpha value is -1.44. The van der Waals surface area contributed by atoms with Crippen molar-refractivity contribution in [3.05, 3.63) is 30.3 Å². The van der Waals surface area contributed by atoms with Gasteiger partial charge in [-0.3, -0.25) is 4.79 Å². The van der Waals surface area contributed by atoms with E-state index < -0.39 is 15.9 Å². The first-order valence-corrected chi connectivity index (χ1v) is 8.21. The van der Waals surface area contributed by atoms with Crippen LogP contribution < -0.4 is 0 Å². The summed E-state index contributed by atoms with van der Waals surface area (Å²) in [5, 5.41) is 9.54. The van der Waals surface area contributed by atoms with E-state index in [0.29, 0.717) is 0 Å². The molecular formula is C14H21NO5S. The van der Waals surface area contributed by atoms with Gasteiger partial charge in [0.2, 0.25) is 5.91 Å². The second-order valence-corrected chi connectivity index (χ2v) is 6.87. The van der Waals surface area contributed by atoms with Gasteiger partial charge in [-0.05, 0) is 12.1 Å². The highest BCUT2D eigenvalue weighted by Crippen LogP contribution is 2.11. The number of aliphatic hydroxyl groups excluding tert-OH is 1. The Morgan fingerprint density at radius 2 is 1.95 bits per heavy atom. The molecule has 6 nitrogen and oxygen atoms in total. The second-order valence-electron chi connectivity index (χ2n) is 4.77. The molecule has 0 heterocycles. The topological polar surface area (TPSA) is 83.9 Å². The van der Waals surface area contributed by atoms with Crippen LogP contribution in [0, 0.1) is 0 Å². The van der Waals surface area contributed by atoms with Gasteiger partial charge in [-0.15, -0.1) is 0 Å². The van der Waals surface area contributed by atoms with Gasteiger partial charge in [0.25, 0.3) is 0 Å². The molecule has 1 unspecified atom stereocenters. The van der Waals surface area contributed by atoms with Crippen LogP contribution in [0.1, 0.15) is 6.42 Å². The highest BCUT2D eigenvalue weighted by Gasteiger charge is 2.19. The molecule has 0 aliphatic rings. The van der Waals surface area contributed by atoms with Crippen LogP contribution in [0.2, 0.25) is 0 Å². The smallest absolute Gasteiger partial charge is 0.223 e. The van der Waals surface area contributed by atoms with E-state index in [0.717, 1.165) is 0 Å². The van der Waals surface area contributed by atoms with Crippen LogP contribution in [0.4, 0.5) is 0 Å². The number of nitrogens with zero attached hydrogens (tertiary/aromatic N) is 1. The van der Waals surface area contributed by atoms with Crippen molar-refractivity contribution in [2.24, 2.45) is 0 Å². The van der Waals surface area contributed by atoms with Crippen molar-refractivity contribution in [1.82, 2.24) is 4.90 Å². The fourth-order valence-electron chi connectivity index (χ4n) is 1.82. The Morgan fingerprint density at radius 1 is 1.33 bits per heavy atom. The number of sulfone groups is 1. The van der Waals surface area contributed by atoms with Crippen LogP contribution in [0.3, 0.4) is 0 Å². The molecule has 1 N–H and O–H groups in total. The Morgan fingerprint density at radius 3 is 2.52 bits per heavy atom. The number of ether oxygens (including phenoxy) is 1. The van der Waals surface area contributed by atoms with Crippen molar-refractivity contribution in [2.45, 2.75) is 17.4 Å². The first-order valence-electron chi connectivity index (χ1n) is 6.55. The fourth-order valence-corrected chi connectivity index (χ4v) is 3.07. The number of amides is 1. The van der Waals surface area contributed by atoms with E-state index in [1.807, 2.05) is 0 Å². The maximum atomic E-state index is 12.0. The lowest BCUT2D eigenvalue weighted by atomic mass is 10.3. The van der Waals surface area contributed by atoms with E-state index in [1.165, 1.54) is 31.2 Å². The molecule has 0 aliphatic carbocycles. The predicted octanol–water partition coefficient (Wildman–Crippen LogP) is 0.316. The molecule has 0 radical (unpaired) electrons. The summed E-state index contributed by atoms with van der Waals surface area (Å²) in [6.07, 6.45) is -0.900. The van der Waals surface area contributed by atoms with Gasteiger partial charge in [0, 0.05) is 27.1 Å². The number of likely N-dealkylation sites (N-methyl/N-ethyl adjacent to an activating group) is 1. The Labute approximate surface area is 125 Å². The third kappa shape index (κ3) is 5.82. The average Bonchev–Trinajstić information content (AvgIpc) is 2.46. The summed E-state index contributed by atoms with van der Waals surface area (Å²) in [4.78, 5) is 13.4. The Balaban J connectivity index is 2.53. The lowest BCUT2D eigenvalue weighted by Crippen LogP contribution is -2.36. The molecule has 0 aliphatic heterocycles. The molecule has 0 saturated heterocycles. The molecule has 1 aromatic carbocycles. The zero-order valence-electron chi connectivity index (χ0n) is 12.2. The minimum absolute atomic E-state index is 0.109. The molecule has 118 valence electrons. The third-order valence-electron chi connectivity index (χ3n) is 2.96. The van der Waals surface area contributed by atoms with Gasteiger partial charge >= 0.3 is 0 Å². The van der Waals surface area contributed by atoms with Gasteiger partial charge < -0.3 is 14.7 Å². The van der Waals surface area contributed by atoms with Crippen molar-refractivity contribution in [1.29, 1.82) is 0 Å². The summed E-state index contributed by atoms with van der Waals surface area (Å²) in [5.41, 5.74) is 0. The first kappa shape index (κ1) is 17.6. The molecule has 1 aromatic rings. The molecule has 0 spiro atoms. The lowest BCUT2D eigenvalue weighted by molar-refractivity contribution is -0.131. The lowest BCUT2D eigenvalue weighted by Gasteiger charge is -2.20. The Bertz CT molecular complexity index is 544. The molecule has 0 fully saturated rings. The zero-order chi connectivity index (χ0) is 15.9. The van der Waals surface area contributed by atoms with Crippen LogP contribution >= 0.6 is 0 Å².